The van der Waals surface area contributed by atoms with Crippen LogP contribution < -0.4 is 0 Å². The number of allylic oxidation sites excluding steroid dienone is 4. The molecule has 0 aliphatic carbocycles. The molecule has 0 spiro atoms. The molecule has 3 heteroatoms. The number of hydrogen-bond donors (Lipinski definition) is 0. The van der Waals surface area contributed by atoms with Gasteiger partial charge in [0.2, 0.25) is 0 Å². The number of rotatable bonds is 4. The first-order valence-electron chi connectivity index (χ1n) is 4.42. The molecule has 0 bridgehead atoms. The maximum absolute atomic E-state index is 4.03. The molecule has 0 aliphatic heterocycles. The van der Waals surface area contributed by atoms with Gasteiger partial charge in [-0.3, -0.25) is 0 Å². The predicted octanol–water partition coefficient (Wildman–Crippen LogP) is 2.19. The largest absolute Gasteiger partial charge is 0.249 e. The Balaban J connectivity index is 2.40. The maximum Gasteiger partial charge on any atom is 0.137 e. The van der Waals surface area contributed by atoms with Crippen molar-refractivity contribution in [1.29, 1.82) is 0 Å². The van der Waals surface area contributed by atoms with Gasteiger partial charge in [-0.1, -0.05) is 23.8 Å². The molecular formula is C10H15N3. The molecule has 0 atom stereocenters. The summed E-state index contributed by atoms with van der Waals surface area (Å²) in [5.74, 6) is 0. The van der Waals surface area contributed by atoms with E-state index < -0.39 is 0 Å². The second kappa shape index (κ2) is 5.30. The summed E-state index contributed by atoms with van der Waals surface area (Å²) >= 11 is 0. The molecule has 0 aliphatic rings. The average molecular weight is 177 g/mol. The van der Waals surface area contributed by atoms with Crippen LogP contribution in [0.3, 0.4) is 0 Å². The van der Waals surface area contributed by atoms with E-state index in [1.54, 1.807) is 12.7 Å². The van der Waals surface area contributed by atoms with Crippen LogP contribution in [0, 0.1) is 0 Å². The molecule has 70 valence electrons. The Morgan fingerprint density at radius 1 is 1.54 bits per heavy atom. The van der Waals surface area contributed by atoms with Crippen LogP contribution >= 0.6 is 0 Å². The van der Waals surface area contributed by atoms with E-state index >= 15 is 0 Å². The van der Waals surface area contributed by atoms with Gasteiger partial charge in [0.15, 0.2) is 0 Å². The standard InChI is InChI=1S/C10H15N3/c1-3-4-5-6-10(2)7-13-9-11-8-12-13/h3-4,6,8-9H,5,7H2,1-2H3/b4-3+,10-6+. The number of nitrogens with zero attached hydrogens (tertiary/aromatic N) is 3. The van der Waals surface area contributed by atoms with Gasteiger partial charge in [-0.05, 0) is 20.3 Å². The van der Waals surface area contributed by atoms with Crippen LogP contribution in [0.25, 0.3) is 0 Å². The second-order valence-electron chi connectivity index (χ2n) is 2.95. The van der Waals surface area contributed by atoms with Crippen LogP contribution in [0.5, 0.6) is 0 Å². The Morgan fingerprint density at radius 3 is 3.00 bits per heavy atom. The quantitative estimate of drug-likeness (QED) is 0.660. The van der Waals surface area contributed by atoms with Crippen molar-refractivity contribution in [2.75, 3.05) is 0 Å². The van der Waals surface area contributed by atoms with E-state index in [1.165, 1.54) is 5.57 Å². The molecule has 13 heavy (non-hydrogen) atoms. The van der Waals surface area contributed by atoms with Crippen molar-refractivity contribution < 1.29 is 0 Å². The van der Waals surface area contributed by atoms with Crippen molar-refractivity contribution in [1.82, 2.24) is 14.8 Å². The lowest BCUT2D eigenvalue weighted by atomic mass is 10.2. The normalized spacial score (nSPS) is 12.6. The lowest BCUT2D eigenvalue weighted by Crippen LogP contribution is -1.98. The fourth-order valence-corrected chi connectivity index (χ4v) is 1.04. The zero-order valence-electron chi connectivity index (χ0n) is 8.14. The first-order valence-corrected chi connectivity index (χ1v) is 4.42. The third kappa shape index (κ3) is 3.69. The van der Waals surface area contributed by atoms with Crippen molar-refractivity contribution in [3.8, 4) is 0 Å². The lowest BCUT2D eigenvalue weighted by molar-refractivity contribution is 0.673. The predicted molar refractivity (Wildman–Crippen MR) is 53.2 cm³/mol. The van der Waals surface area contributed by atoms with Crippen LogP contribution in [-0.4, -0.2) is 14.8 Å². The summed E-state index contributed by atoms with van der Waals surface area (Å²) < 4.78 is 1.82. The van der Waals surface area contributed by atoms with Crippen molar-refractivity contribution >= 4 is 0 Å². The molecule has 0 radical (unpaired) electrons. The highest BCUT2D eigenvalue weighted by molar-refractivity contribution is 5.01. The molecule has 0 aromatic carbocycles. The van der Waals surface area contributed by atoms with Gasteiger partial charge < -0.3 is 0 Å². The summed E-state index contributed by atoms with van der Waals surface area (Å²) in [6.07, 6.45) is 10.7. The summed E-state index contributed by atoms with van der Waals surface area (Å²) in [5, 5.41) is 4.03. The van der Waals surface area contributed by atoms with Crippen molar-refractivity contribution in [2.24, 2.45) is 0 Å². The molecule has 0 amide bonds. The minimum atomic E-state index is 0.831. The van der Waals surface area contributed by atoms with Crippen molar-refractivity contribution in [3.63, 3.8) is 0 Å². The Labute approximate surface area is 78.8 Å². The second-order valence-corrected chi connectivity index (χ2v) is 2.95. The molecule has 0 unspecified atom stereocenters. The molecule has 1 aromatic heterocycles. The summed E-state index contributed by atoms with van der Waals surface area (Å²) in [4.78, 5) is 3.88. The van der Waals surface area contributed by atoms with Gasteiger partial charge in [0, 0.05) is 0 Å². The van der Waals surface area contributed by atoms with E-state index in [2.05, 4.69) is 35.2 Å². The van der Waals surface area contributed by atoms with Gasteiger partial charge in [-0.15, -0.1) is 0 Å². The van der Waals surface area contributed by atoms with Crippen LogP contribution in [0.4, 0.5) is 0 Å². The van der Waals surface area contributed by atoms with E-state index in [1.807, 2.05) is 11.6 Å². The zero-order valence-corrected chi connectivity index (χ0v) is 8.14. The van der Waals surface area contributed by atoms with E-state index in [0.29, 0.717) is 0 Å². The molecule has 1 heterocycles. The third-order valence-electron chi connectivity index (χ3n) is 1.72. The van der Waals surface area contributed by atoms with Gasteiger partial charge >= 0.3 is 0 Å². The molecular weight excluding hydrogens is 162 g/mol. The van der Waals surface area contributed by atoms with Gasteiger partial charge in [0.05, 0.1) is 6.54 Å². The van der Waals surface area contributed by atoms with Gasteiger partial charge in [-0.2, -0.15) is 5.10 Å². The Morgan fingerprint density at radius 2 is 2.38 bits per heavy atom. The Bertz CT molecular complexity index is 283. The first-order chi connectivity index (χ1) is 6.33. The maximum atomic E-state index is 4.03. The summed E-state index contributed by atoms with van der Waals surface area (Å²) in [5.41, 5.74) is 1.31. The SMILES string of the molecule is C/C=C/C/C=C(\C)Cn1cncn1. The number of hydrogen-bond acceptors (Lipinski definition) is 2. The molecule has 3 nitrogen and oxygen atoms in total. The molecule has 0 fully saturated rings. The first kappa shape index (κ1) is 9.71. The van der Waals surface area contributed by atoms with Crippen molar-refractivity contribution in [3.05, 3.63) is 36.5 Å². The highest BCUT2D eigenvalue weighted by atomic mass is 15.3. The Kier molecular flexibility index (Phi) is 3.96. The van der Waals surface area contributed by atoms with E-state index in [-0.39, 0.29) is 0 Å². The highest BCUT2D eigenvalue weighted by Gasteiger charge is 1.91. The number of aromatic nitrogens is 3. The minimum absolute atomic E-state index is 0.831. The van der Waals surface area contributed by atoms with E-state index in [0.717, 1.165) is 13.0 Å². The fraction of sp³-hybridized carbons (Fsp3) is 0.400. The summed E-state index contributed by atoms with van der Waals surface area (Å²) in [6, 6.07) is 0. The molecule has 0 N–H and O–H groups in total. The average Bonchev–Trinajstić information content (AvgIpc) is 2.57. The molecule has 1 rings (SSSR count). The van der Waals surface area contributed by atoms with Crippen LogP contribution in [-0.2, 0) is 6.54 Å². The van der Waals surface area contributed by atoms with E-state index in [4.69, 9.17) is 0 Å². The third-order valence-corrected chi connectivity index (χ3v) is 1.72. The Hall–Kier alpha value is -1.38. The monoisotopic (exact) mass is 177 g/mol. The summed E-state index contributed by atoms with van der Waals surface area (Å²) in [7, 11) is 0. The van der Waals surface area contributed by atoms with Crippen LogP contribution in [0.1, 0.15) is 20.3 Å². The zero-order chi connectivity index (χ0) is 9.52. The topological polar surface area (TPSA) is 30.7 Å². The van der Waals surface area contributed by atoms with Gasteiger partial charge in [0.25, 0.3) is 0 Å². The van der Waals surface area contributed by atoms with Crippen LogP contribution in [0.2, 0.25) is 0 Å². The lowest BCUT2D eigenvalue weighted by Gasteiger charge is -1.99. The van der Waals surface area contributed by atoms with E-state index in [9.17, 15) is 0 Å². The summed E-state index contributed by atoms with van der Waals surface area (Å²) in [6.45, 7) is 4.96. The molecule has 1 aromatic rings. The van der Waals surface area contributed by atoms with Gasteiger partial charge in [-0.25, -0.2) is 9.67 Å². The highest BCUT2D eigenvalue weighted by Crippen LogP contribution is 1.99. The molecule has 0 saturated heterocycles. The fourth-order valence-electron chi connectivity index (χ4n) is 1.04. The van der Waals surface area contributed by atoms with Crippen LogP contribution in [0.15, 0.2) is 36.5 Å². The minimum Gasteiger partial charge on any atom is -0.249 e. The molecule has 0 saturated carbocycles. The van der Waals surface area contributed by atoms with Gasteiger partial charge in [0.1, 0.15) is 12.7 Å². The smallest absolute Gasteiger partial charge is 0.137 e. The van der Waals surface area contributed by atoms with Crippen molar-refractivity contribution in [2.45, 2.75) is 26.8 Å².